The van der Waals surface area contributed by atoms with Gasteiger partial charge < -0.3 is 10.2 Å². The SMILES string of the molecule is CCN(CC)CCN(C)C(C)C(=O)Nc1ccccc1Cl.Cl.Cl. The van der Waals surface area contributed by atoms with Crippen molar-refractivity contribution in [2.24, 2.45) is 0 Å². The smallest absolute Gasteiger partial charge is 0.241 e. The molecule has 0 aliphatic rings. The number of carbonyl (C=O) groups is 1. The molecule has 0 fully saturated rings. The lowest BCUT2D eigenvalue weighted by Crippen LogP contribution is -2.43. The molecule has 1 aromatic carbocycles. The van der Waals surface area contributed by atoms with Gasteiger partial charge in [-0.05, 0) is 39.2 Å². The molecule has 7 heteroatoms. The van der Waals surface area contributed by atoms with Crippen molar-refractivity contribution in [1.82, 2.24) is 9.80 Å². The van der Waals surface area contributed by atoms with Crippen LogP contribution in [-0.2, 0) is 4.79 Å². The normalized spacial score (nSPS) is 11.6. The number of halogens is 3. The molecule has 0 saturated carbocycles. The van der Waals surface area contributed by atoms with Gasteiger partial charge in [0.15, 0.2) is 0 Å². The molecule has 23 heavy (non-hydrogen) atoms. The molecule has 0 radical (unpaired) electrons. The van der Waals surface area contributed by atoms with E-state index in [0.29, 0.717) is 10.7 Å². The first-order valence-corrected chi connectivity index (χ1v) is 7.85. The highest BCUT2D eigenvalue weighted by Crippen LogP contribution is 2.20. The number of benzene rings is 1. The number of rotatable bonds is 8. The summed E-state index contributed by atoms with van der Waals surface area (Å²) in [5.74, 6) is -0.0369. The summed E-state index contributed by atoms with van der Waals surface area (Å²) in [5, 5.41) is 3.44. The number of para-hydroxylation sites is 1. The fourth-order valence-electron chi connectivity index (χ4n) is 2.03. The molecule has 0 saturated heterocycles. The lowest BCUT2D eigenvalue weighted by atomic mass is 10.2. The molecule has 0 aliphatic carbocycles. The van der Waals surface area contributed by atoms with E-state index in [4.69, 9.17) is 11.6 Å². The van der Waals surface area contributed by atoms with E-state index >= 15 is 0 Å². The Hall–Kier alpha value is -0.520. The standard InChI is InChI=1S/C16H26ClN3O.2ClH/c1-5-20(6-2)12-11-19(4)13(3)16(21)18-15-10-8-7-9-14(15)17;;/h7-10,13H,5-6,11-12H2,1-4H3,(H,18,21);2*1H. The molecule has 0 heterocycles. The first kappa shape index (κ1) is 24.7. The fourth-order valence-corrected chi connectivity index (χ4v) is 2.22. The zero-order valence-corrected chi connectivity index (χ0v) is 16.6. The van der Waals surface area contributed by atoms with Gasteiger partial charge in [0.05, 0.1) is 16.8 Å². The van der Waals surface area contributed by atoms with Gasteiger partial charge in [-0.3, -0.25) is 9.69 Å². The minimum Gasteiger partial charge on any atom is -0.323 e. The van der Waals surface area contributed by atoms with Crippen LogP contribution in [0.5, 0.6) is 0 Å². The Morgan fingerprint density at radius 2 is 1.74 bits per heavy atom. The molecule has 134 valence electrons. The van der Waals surface area contributed by atoms with Crippen LogP contribution in [0.2, 0.25) is 5.02 Å². The molecule has 4 nitrogen and oxygen atoms in total. The minimum absolute atomic E-state index is 0. The topological polar surface area (TPSA) is 35.6 Å². The van der Waals surface area contributed by atoms with Gasteiger partial charge in [-0.15, -0.1) is 24.8 Å². The summed E-state index contributed by atoms with van der Waals surface area (Å²) in [6.07, 6.45) is 0. The van der Waals surface area contributed by atoms with E-state index in [-0.39, 0.29) is 36.8 Å². The Morgan fingerprint density at radius 1 is 1.17 bits per heavy atom. The van der Waals surface area contributed by atoms with Crippen LogP contribution in [0, 0.1) is 0 Å². The molecule has 0 spiro atoms. The Bertz CT molecular complexity index is 456. The van der Waals surface area contributed by atoms with Crippen LogP contribution in [-0.4, -0.2) is 55.0 Å². The van der Waals surface area contributed by atoms with Crippen LogP contribution in [0.4, 0.5) is 5.69 Å². The molecule has 1 atom stereocenters. The third kappa shape index (κ3) is 8.23. The van der Waals surface area contributed by atoms with E-state index in [1.807, 2.05) is 32.2 Å². The zero-order chi connectivity index (χ0) is 15.8. The highest BCUT2D eigenvalue weighted by atomic mass is 35.5. The van der Waals surface area contributed by atoms with Crippen molar-refractivity contribution in [3.05, 3.63) is 29.3 Å². The number of nitrogens with one attached hydrogen (secondary N) is 1. The second kappa shape index (κ2) is 12.8. The summed E-state index contributed by atoms with van der Waals surface area (Å²) in [6, 6.07) is 7.08. The second-order valence-corrected chi connectivity index (χ2v) is 5.56. The number of hydrogen-bond acceptors (Lipinski definition) is 3. The first-order chi connectivity index (χ1) is 9.99. The van der Waals surface area contributed by atoms with Crippen molar-refractivity contribution in [3.8, 4) is 0 Å². The lowest BCUT2D eigenvalue weighted by Gasteiger charge is -2.27. The Morgan fingerprint density at radius 3 is 2.26 bits per heavy atom. The maximum Gasteiger partial charge on any atom is 0.241 e. The van der Waals surface area contributed by atoms with E-state index in [9.17, 15) is 4.79 Å². The minimum atomic E-state index is -0.197. The maximum absolute atomic E-state index is 12.3. The summed E-state index contributed by atoms with van der Waals surface area (Å²) in [4.78, 5) is 16.7. The Balaban J connectivity index is 0. The highest BCUT2D eigenvalue weighted by Gasteiger charge is 2.19. The van der Waals surface area contributed by atoms with E-state index in [1.165, 1.54) is 0 Å². The van der Waals surface area contributed by atoms with Crippen molar-refractivity contribution in [3.63, 3.8) is 0 Å². The van der Waals surface area contributed by atoms with Crippen molar-refractivity contribution in [2.45, 2.75) is 26.8 Å². The van der Waals surface area contributed by atoms with Crippen LogP contribution < -0.4 is 5.32 Å². The average molecular weight is 385 g/mol. The summed E-state index contributed by atoms with van der Waals surface area (Å²) in [5.41, 5.74) is 0.660. The van der Waals surface area contributed by atoms with Crippen molar-refractivity contribution in [1.29, 1.82) is 0 Å². The predicted molar refractivity (Wildman–Crippen MR) is 104 cm³/mol. The highest BCUT2D eigenvalue weighted by molar-refractivity contribution is 6.33. The number of likely N-dealkylation sites (N-methyl/N-ethyl adjacent to an activating group) is 2. The van der Waals surface area contributed by atoms with Gasteiger partial charge in [-0.2, -0.15) is 0 Å². The largest absolute Gasteiger partial charge is 0.323 e. The number of amides is 1. The van der Waals surface area contributed by atoms with Crippen LogP contribution in [0.1, 0.15) is 20.8 Å². The first-order valence-electron chi connectivity index (χ1n) is 7.47. The molecule has 1 rings (SSSR count). The second-order valence-electron chi connectivity index (χ2n) is 5.15. The van der Waals surface area contributed by atoms with E-state index < -0.39 is 0 Å². The monoisotopic (exact) mass is 383 g/mol. The molecular weight excluding hydrogens is 357 g/mol. The average Bonchev–Trinajstić information content (AvgIpc) is 2.49. The third-order valence-corrected chi connectivity index (χ3v) is 4.17. The van der Waals surface area contributed by atoms with Crippen LogP contribution >= 0.6 is 36.4 Å². The van der Waals surface area contributed by atoms with Crippen LogP contribution in [0.3, 0.4) is 0 Å². The molecule has 1 amide bonds. The Labute approximate surface area is 157 Å². The lowest BCUT2D eigenvalue weighted by molar-refractivity contribution is -0.120. The zero-order valence-electron chi connectivity index (χ0n) is 14.2. The molecule has 1 unspecified atom stereocenters. The van der Waals surface area contributed by atoms with Crippen molar-refractivity contribution < 1.29 is 4.79 Å². The maximum atomic E-state index is 12.3. The van der Waals surface area contributed by atoms with E-state index in [2.05, 4.69) is 29.0 Å². The van der Waals surface area contributed by atoms with Gasteiger partial charge in [-0.1, -0.05) is 37.6 Å². The Kier molecular flexibility index (Phi) is 13.8. The van der Waals surface area contributed by atoms with E-state index in [1.54, 1.807) is 6.07 Å². The molecule has 1 aromatic rings. The summed E-state index contributed by atoms with van der Waals surface area (Å²) < 4.78 is 0. The molecular formula is C16H28Cl3N3O. The van der Waals surface area contributed by atoms with Gasteiger partial charge in [-0.25, -0.2) is 0 Å². The number of carbonyl (C=O) groups excluding carboxylic acids is 1. The van der Waals surface area contributed by atoms with Gasteiger partial charge in [0, 0.05) is 13.1 Å². The number of hydrogen-bond donors (Lipinski definition) is 1. The van der Waals surface area contributed by atoms with Gasteiger partial charge in [0.2, 0.25) is 5.91 Å². The quantitative estimate of drug-likeness (QED) is 0.741. The third-order valence-electron chi connectivity index (χ3n) is 3.84. The van der Waals surface area contributed by atoms with Crippen molar-refractivity contribution in [2.75, 3.05) is 38.5 Å². The van der Waals surface area contributed by atoms with Crippen LogP contribution in [0.25, 0.3) is 0 Å². The number of anilines is 1. The fraction of sp³-hybridized carbons (Fsp3) is 0.562. The van der Waals surface area contributed by atoms with Gasteiger partial charge >= 0.3 is 0 Å². The summed E-state index contributed by atoms with van der Waals surface area (Å²) in [7, 11) is 1.97. The number of nitrogens with zero attached hydrogens (tertiary/aromatic N) is 2. The van der Waals surface area contributed by atoms with Gasteiger partial charge in [0.25, 0.3) is 0 Å². The molecule has 1 N–H and O–H groups in total. The molecule has 0 aliphatic heterocycles. The molecule has 0 aromatic heterocycles. The molecule has 0 bridgehead atoms. The summed E-state index contributed by atoms with van der Waals surface area (Å²) >= 11 is 6.06. The predicted octanol–water partition coefficient (Wildman–Crippen LogP) is 3.78. The summed E-state index contributed by atoms with van der Waals surface area (Å²) in [6.45, 7) is 10.1. The van der Waals surface area contributed by atoms with Gasteiger partial charge in [0.1, 0.15) is 0 Å². The van der Waals surface area contributed by atoms with Crippen LogP contribution in [0.15, 0.2) is 24.3 Å². The van der Waals surface area contributed by atoms with Crippen molar-refractivity contribution >= 4 is 48.0 Å². The van der Waals surface area contributed by atoms with E-state index in [0.717, 1.165) is 26.2 Å².